The van der Waals surface area contributed by atoms with Crippen molar-refractivity contribution in [1.29, 1.82) is 0 Å². The quantitative estimate of drug-likeness (QED) is 0.0799. The summed E-state index contributed by atoms with van der Waals surface area (Å²) in [5, 5.41) is 5.83. The fraction of sp³-hybridized carbons (Fsp3) is 0.528. The number of carbonyl (C=O) groups is 4. The van der Waals surface area contributed by atoms with Crippen molar-refractivity contribution in [3.05, 3.63) is 95.1 Å². The molecule has 1 amide bonds. The summed E-state index contributed by atoms with van der Waals surface area (Å²) in [7, 11) is 5.00. The number of amides is 1. The van der Waals surface area contributed by atoms with Crippen molar-refractivity contribution >= 4 is 42.0 Å². The van der Waals surface area contributed by atoms with Gasteiger partial charge in [-0.15, -0.1) is 0 Å². The monoisotopic (exact) mass is 920 g/mol. The molecule has 4 aliphatic heterocycles. The van der Waals surface area contributed by atoms with Gasteiger partial charge in [-0.2, -0.15) is 0 Å². The Morgan fingerprint density at radius 2 is 1.55 bits per heavy atom. The zero-order chi connectivity index (χ0) is 47.8. The highest BCUT2D eigenvalue weighted by Crippen LogP contribution is 2.29. The van der Waals surface area contributed by atoms with Gasteiger partial charge in [0, 0.05) is 64.0 Å². The Morgan fingerprint density at radius 1 is 0.866 bits per heavy atom. The van der Waals surface area contributed by atoms with Gasteiger partial charge in [-0.1, -0.05) is 24.6 Å². The van der Waals surface area contributed by atoms with Crippen LogP contribution in [0.3, 0.4) is 0 Å². The molecule has 0 spiro atoms. The summed E-state index contributed by atoms with van der Waals surface area (Å²) in [4.78, 5) is 60.8. The van der Waals surface area contributed by atoms with E-state index in [1.807, 2.05) is 72.6 Å². The number of nitrogens with zero attached hydrogens (tertiary/aromatic N) is 5. The Hall–Kier alpha value is -5.41. The van der Waals surface area contributed by atoms with Crippen LogP contribution in [0.1, 0.15) is 92.1 Å². The lowest BCUT2D eigenvalue weighted by molar-refractivity contribution is -0.126. The maximum Gasteiger partial charge on any atom is 0.237 e. The Morgan fingerprint density at radius 3 is 2.18 bits per heavy atom. The molecule has 364 valence electrons. The van der Waals surface area contributed by atoms with Crippen molar-refractivity contribution in [3.63, 3.8) is 0 Å². The zero-order valence-corrected chi connectivity index (χ0v) is 40.4. The molecule has 4 heterocycles. The van der Waals surface area contributed by atoms with Crippen molar-refractivity contribution in [2.45, 2.75) is 83.2 Å². The van der Waals surface area contributed by atoms with Crippen LogP contribution in [-0.2, 0) is 20.9 Å². The van der Waals surface area contributed by atoms with Gasteiger partial charge in [0.05, 0.1) is 17.3 Å². The largest absolute Gasteiger partial charge is 0.457 e. The number of aliphatic imine (C=N–C) groups is 1. The van der Waals surface area contributed by atoms with Gasteiger partial charge in [-0.25, -0.2) is 0 Å². The number of likely N-dealkylation sites (tertiary alicyclic amines) is 2. The fourth-order valence-corrected chi connectivity index (χ4v) is 9.55. The smallest absolute Gasteiger partial charge is 0.237 e. The molecule has 0 bridgehead atoms. The highest BCUT2D eigenvalue weighted by Gasteiger charge is 2.26. The number of rotatable bonds is 19. The highest BCUT2D eigenvalue weighted by atomic mass is 16.5. The molecule has 3 aromatic carbocycles. The number of para-hydroxylation sites is 1. The van der Waals surface area contributed by atoms with Gasteiger partial charge in [0.2, 0.25) is 5.91 Å². The molecule has 67 heavy (non-hydrogen) atoms. The van der Waals surface area contributed by atoms with Crippen molar-refractivity contribution in [2.75, 3.05) is 91.5 Å². The summed E-state index contributed by atoms with van der Waals surface area (Å²) in [6.07, 6.45) is 14.9. The highest BCUT2D eigenvalue weighted by molar-refractivity contribution is 6.19. The minimum absolute atomic E-state index is 0.109. The predicted molar refractivity (Wildman–Crippen MR) is 271 cm³/mol. The van der Waals surface area contributed by atoms with Crippen molar-refractivity contribution in [1.82, 2.24) is 25.3 Å². The molecule has 3 fully saturated rings. The van der Waals surface area contributed by atoms with E-state index in [1.165, 1.54) is 97.7 Å². The lowest BCUT2D eigenvalue weighted by atomic mass is 9.91. The van der Waals surface area contributed by atoms with Gasteiger partial charge in [0.15, 0.2) is 6.29 Å². The molecule has 4 aliphatic rings. The van der Waals surface area contributed by atoms with E-state index in [2.05, 4.69) is 48.2 Å². The number of piperidine rings is 3. The summed E-state index contributed by atoms with van der Waals surface area (Å²) in [6, 6.07) is 22.5. The predicted octanol–water partition coefficient (Wildman–Crippen LogP) is 6.14. The second-order valence-electron chi connectivity index (χ2n) is 18.1. The zero-order valence-electron chi connectivity index (χ0n) is 40.4. The molecule has 0 aromatic heterocycles. The average molecular weight is 920 g/mol. The minimum atomic E-state index is -0.412. The molecule has 14 heteroatoms. The molecule has 3 saturated heterocycles. The van der Waals surface area contributed by atoms with E-state index in [4.69, 9.17) is 10.5 Å². The SMILES string of the molecule is CN.CNC(=O)C(CCC=O)N(C)Cc1cc(N2CCC(CCN3CCC(CN4CCCCC4)CC3)CC2)ccc1C=O.N/C(=C(/C=O)C1=NCCCN1)c1ccc(Oc2ccccc2)cc1. The number of hydrogen-bond acceptors (Lipinski definition) is 13. The average Bonchev–Trinajstić information content (AvgIpc) is 3.38. The molecule has 0 aliphatic carbocycles. The first kappa shape index (κ1) is 52.6. The molecule has 1 unspecified atom stereocenters. The lowest BCUT2D eigenvalue weighted by Gasteiger charge is -2.38. The number of anilines is 1. The Labute approximate surface area is 399 Å². The van der Waals surface area contributed by atoms with E-state index < -0.39 is 6.04 Å². The number of amidine groups is 1. The summed E-state index contributed by atoms with van der Waals surface area (Å²) in [5.41, 5.74) is 15.0. The molecule has 6 N–H and O–H groups in total. The Balaban J connectivity index is 0.000000274. The normalized spacial score (nSPS) is 18.1. The van der Waals surface area contributed by atoms with Gasteiger partial charge in [0.25, 0.3) is 0 Å². The molecular weight excluding hydrogens is 843 g/mol. The van der Waals surface area contributed by atoms with Gasteiger partial charge in [-0.3, -0.25) is 24.3 Å². The Bertz CT molecular complexity index is 2020. The number of nitrogens with one attached hydrogen (secondary N) is 2. The van der Waals surface area contributed by atoms with E-state index in [1.54, 1.807) is 7.05 Å². The van der Waals surface area contributed by atoms with E-state index in [0.29, 0.717) is 54.3 Å². The van der Waals surface area contributed by atoms with Crippen LogP contribution in [0.5, 0.6) is 11.5 Å². The third-order valence-corrected chi connectivity index (χ3v) is 13.5. The molecule has 14 nitrogen and oxygen atoms in total. The van der Waals surface area contributed by atoms with E-state index in [0.717, 1.165) is 79.3 Å². The number of benzene rings is 3. The maximum absolute atomic E-state index is 12.4. The van der Waals surface area contributed by atoms with Crippen molar-refractivity contribution in [3.8, 4) is 11.5 Å². The van der Waals surface area contributed by atoms with Crippen LogP contribution in [0.15, 0.2) is 83.4 Å². The standard InChI is InChI=1S/C33H53N5O3.C19H19N3O2.CH5N/c1-34-33(41)32(7-6-22-39)35(2)25-30-23-31(9-8-29(30)26-40)38-20-13-27(14-21-38)10-17-36-18-11-28(12-19-36)24-37-15-4-3-5-16-37;20-18(17(13-23)19-21-11-4-12-22-19)14-7-9-16(10-8-14)24-15-5-2-1-3-6-15;1-2/h8-9,22-23,26-28,32H,3-7,10-21,24-25H2,1-2H3,(H,34,41);1-3,5-10,13H,4,11-12,20H2,(H,21,22);2H2,1H3/b;18-17-;. The maximum atomic E-state index is 12.4. The van der Waals surface area contributed by atoms with Crippen LogP contribution in [0, 0.1) is 11.8 Å². The van der Waals surface area contributed by atoms with Crippen LogP contribution in [0.2, 0.25) is 0 Å². The topological polar surface area (TPSA) is 179 Å². The summed E-state index contributed by atoms with van der Waals surface area (Å²) in [6.45, 7) is 11.8. The number of nitrogens with two attached hydrogens (primary N) is 2. The second-order valence-corrected chi connectivity index (χ2v) is 18.1. The van der Waals surface area contributed by atoms with E-state index in [-0.39, 0.29) is 5.91 Å². The second kappa shape index (κ2) is 28.7. The van der Waals surface area contributed by atoms with Crippen LogP contribution in [-0.4, -0.2) is 138 Å². The van der Waals surface area contributed by atoms with E-state index in [9.17, 15) is 19.2 Å². The molecular formula is C53H77N9O5. The molecule has 1 atom stereocenters. The van der Waals surface area contributed by atoms with Gasteiger partial charge >= 0.3 is 0 Å². The van der Waals surface area contributed by atoms with Gasteiger partial charge in [-0.05, 0) is 182 Å². The molecule has 0 saturated carbocycles. The van der Waals surface area contributed by atoms with Crippen LogP contribution in [0.4, 0.5) is 5.69 Å². The summed E-state index contributed by atoms with van der Waals surface area (Å²) < 4.78 is 5.75. The van der Waals surface area contributed by atoms with Crippen molar-refractivity contribution in [2.24, 2.45) is 28.3 Å². The number of carbonyl (C=O) groups excluding carboxylic acids is 4. The summed E-state index contributed by atoms with van der Waals surface area (Å²) >= 11 is 0. The van der Waals surface area contributed by atoms with Gasteiger partial charge < -0.3 is 46.3 Å². The third kappa shape index (κ3) is 16.4. The molecule has 7 rings (SSSR count). The molecule has 3 aromatic rings. The number of ether oxygens (including phenoxy) is 1. The first-order valence-corrected chi connectivity index (χ1v) is 24.6. The fourth-order valence-electron chi connectivity index (χ4n) is 9.55. The van der Waals surface area contributed by atoms with Gasteiger partial charge in [0.1, 0.15) is 29.9 Å². The lowest BCUT2D eigenvalue weighted by Crippen LogP contribution is -2.43. The van der Waals surface area contributed by atoms with Crippen molar-refractivity contribution < 1.29 is 23.9 Å². The Kier molecular flexibility index (Phi) is 22.5. The summed E-state index contributed by atoms with van der Waals surface area (Å²) in [5.74, 6) is 3.61. The number of likely N-dealkylation sites (N-methyl/N-ethyl adjacent to an activating group) is 2. The first-order valence-electron chi connectivity index (χ1n) is 24.6. The van der Waals surface area contributed by atoms with E-state index >= 15 is 0 Å². The number of hydrogen-bond donors (Lipinski definition) is 4. The minimum Gasteiger partial charge on any atom is -0.457 e. The van der Waals surface area contributed by atoms with Crippen LogP contribution >= 0.6 is 0 Å². The molecule has 0 radical (unpaired) electrons. The first-order chi connectivity index (χ1) is 32.8. The van der Waals surface area contributed by atoms with Crippen LogP contribution < -0.4 is 31.7 Å². The van der Waals surface area contributed by atoms with Crippen LogP contribution in [0.25, 0.3) is 5.70 Å². The third-order valence-electron chi connectivity index (χ3n) is 13.5. The number of aldehydes is 3.